The van der Waals surface area contributed by atoms with Gasteiger partial charge in [-0.05, 0) is 18.3 Å². The summed E-state index contributed by atoms with van der Waals surface area (Å²) in [4.78, 5) is 8.18. The highest BCUT2D eigenvalue weighted by Crippen LogP contribution is 2.28. The molecule has 5 nitrogen and oxygen atoms in total. The van der Waals surface area contributed by atoms with Gasteiger partial charge in [0.1, 0.15) is 17.3 Å². The van der Waals surface area contributed by atoms with Crippen molar-refractivity contribution in [3.63, 3.8) is 0 Å². The van der Waals surface area contributed by atoms with E-state index >= 15 is 0 Å². The van der Waals surface area contributed by atoms with Crippen molar-refractivity contribution >= 4 is 27.3 Å². The summed E-state index contributed by atoms with van der Waals surface area (Å²) in [5.41, 5.74) is 0.880. The quantitative estimate of drug-likeness (QED) is 0.862. The zero-order valence-electron chi connectivity index (χ0n) is 11.1. The first-order chi connectivity index (χ1) is 8.89. The van der Waals surface area contributed by atoms with Gasteiger partial charge in [0.25, 0.3) is 0 Å². The number of hydrogen-bond acceptors (Lipinski definition) is 5. The van der Waals surface area contributed by atoms with Crippen LogP contribution in [0.15, 0.2) is 6.33 Å². The Morgan fingerprint density at radius 1 is 1.47 bits per heavy atom. The van der Waals surface area contributed by atoms with Crippen molar-refractivity contribution in [1.82, 2.24) is 9.97 Å². The van der Waals surface area contributed by atoms with Crippen LogP contribution in [0.5, 0.6) is 0 Å². The molecule has 0 aromatic carbocycles. The van der Waals surface area contributed by atoms with Crippen LogP contribution < -0.4 is 5.32 Å². The fourth-order valence-corrected chi connectivity index (χ4v) is 4.51. The number of rotatable bonds is 4. The predicted octanol–water partition coefficient (Wildman–Crippen LogP) is 2.10. The molecule has 1 aromatic heterocycles. The number of anilines is 1. The van der Waals surface area contributed by atoms with Crippen molar-refractivity contribution < 1.29 is 8.42 Å². The molecule has 106 valence electrons. The van der Waals surface area contributed by atoms with Crippen LogP contribution in [0.3, 0.4) is 0 Å². The molecule has 0 saturated carbocycles. The highest BCUT2D eigenvalue weighted by Gasteiger charge is 2.28. The fourth-order valence-electron chi connectivity index (χ4n) is 2.30. The second-order valence-electron chi connectivity index (χ2n) is 5.23. The molecule has 1 atom stereocenters. The van der Waals surface area contributed by atoms with E-state index < -0.39 is 9.84 Å². The first-order valence-corrected chi connectivity index (χ1v) is 8.53. The summed E-state index contributed by atoms with van der Waals surface area (Å²) in [6.07, 6.45) is 2.13. The Balaban J connectivity index is 2.06. The first-order valence-electron chi connectivity index (χ1n) is 6.33. The lowest BCUT2D eigenvalue weighted by atomic mass is 10.1. The van der Waals surface area contributed by atoms with Crippen LogP contribution in [0.25, 0.3) is 0 Å². The van der Waals surface area contributed by atoms with Gasteiger partial charge in [0.15, 0.2) is 9.84 Å². The van der Waals surface area contributed by atoms with Crippen LogP contribution in [-0.2, 0) is 9.84 Å². The summed E-state index contributed by atoms with van der Waals surface area (Å²) in [7, 11) is -2.83. The van der Waals surface area contributed by atoms with Crippen molar-refractivity contribution in [2.45, 2.75) is 26.2 Å². The molecule has 1 fully saturated rings. The average Bonchev–Trinajstić information content (AvgIpc) is 2.66. The van der Waals surface area contributed by atoms with E-state index in [-0.39, 0.29) is 17.6 Å². The largest absolute Gasteiger partial charge is 0.369 e. The third-order valence-electron chi connectivity index (χ3n) is 3.30. The maximum Gasteiger partial charge on any atom is 0.150 e. The standard InChI is InChI=1S/C12H18ClN3O2S/c1-8(2)10-11(13)15-7-16-12(10)14-5-9-3-4-19(17,18)6-9/h7-9H,3-6H2,1-2H3,(H,14,15,16). The van der Waals surface area contributed by atoms with E-state index in [0.29, 0.717) is 29.7 Å². The minimum absolute atomic E-state index is 0.152. The van der Waals surface area contributed by atoms with Crippen molar-refractivity contribution in [3.05, 3.63) is 17.0 Å². The molecule has 1 aromatic rings. The number of sulfone groups is 1. The Morgan fingerprint density at radius 3 is 2.79 bits per heavy atom. The van der Waals surface area contributed by atoms with Gasteiger partial charge < -0.3 is 5.32 Å². The Labute approximate surface area is 118 Å². The SMILES string of the molecule is CC(C)c1c(Cl)ncnc1NCC1CCS(=O)(=O)C1. The monoisotopic (exact) mass is 303 g/mol. The molecule has 0 amide bonds. The van der Waals surface area contributed by atoms with Crippen LogP contribution in [0.1, 0.15) is 31.7 Å². The Morgan fingerprint density at radius 2 is 2.21 bits per heavy atom. The molecular weight excluding hydrogens is 286 g/mol. The number of hydrogen-bond donors (Lipinski definition) is 1. The topological polar surface area (TPSA) is 72.0 Å². The molecular formula is C12H18ClN3O2S. The van der Waals surface area contributed by atoms with Gasteiger partial charge >= 0.3 is 0 Å². The Hall–Kier alpha value is -0.880. The van der Waals surface area contributed by atoms with Crippen molar-refractivity contribution in [3.8, 4) is 0 Å². The van der Waals surface area contributed by atoms with Gasteiger partial charge in [0.2, 0.25) is 0 Å². The molecule has 2 rings (SSSR count). The lowest BCUT2D eigenvalue weighted by Gasteiger charge is -2.16. The molecule has 1 N–H and O–H groups in total. The molecule has 0 radical (unpaired) electrons. The molecule has 7 heteroatoms. The van der Waals surface area contributed by atoms with Gasteiger partial charge in [0.05, 0.1) is 11.5 Å². The van der Waals surface area contributed by atoms with E-state index in [9.17, 15) is 8.42 Å². The molecule has 1 aliphatic heterocycles. The average molecular weight is 304 g/mol. The molecule has 0 aliphatic carbocycles. The maximum atomic E-state index is 11.4. The molecule has 19 heavy (non-hydrogen) atoms. The van der Waals surface area contributed by atoms with Gasteiger partial charge in [-0.15, -0.1) is 0 Å². The zero-order chi connectivity index (χ0) is 14.0. The van der Waals surface area contributed by atoms with Crippen molar-refractivity contribution in [2.75, 3.05) is 23.4 Å². The van der Waals surface area contributed by atoms with E-state index in [1.54, 1.807) is 0 Å². The van der Waals surface area contributed by atoms with Gasteiger partial charge in [-0.3, -0.25) is 0 Å². The summed E-state index contributed by atoms with van der Waals surface area (Å²) < 4.78 is 22.8. The van der Waals surface area contributed by atoms with Crippen molar-refractivity contribution in [1.29, 1.82) is 0 Å². The maximum absolute atomic E-state index is 11.4. The van der Waals surface area contributed by atoms with E-state index in [4.69, 9.17) is 11.6 Å². The van der Waals surface area contributed by atoms with Gasteiger partial charge in [-0.2, -0.15) is 0 Å². The predicted molar refractivity (Wildman–Crippen MR) is 76.4 cm³/mol. The normalized spacial score (nSPS) is 21.8. The second kappa shape index (κ2) is 5.63. The van der Waals surface area contributed by atoms with Crippen LogP contribution in [-0.4, -0.2) is 36.4 Å². The molecule has 1 aliphatic rings. The second-order valence-corrected chi connectivity index (χ2v) is 7.82. The van der Waals surface area contributed by atoms with E-state index in [0.717, 1.165) is 5.56 Å². The highest BCUT2D eigenvalue weighted by molar-refractivity contribution is 7.91. The molecule has 0 bridgehead atoms. The highest BCUT2D eigenvalue weighted by atomic mass is 35.5. The lowest BCUT2D eigenvalue weighted by Crippen LogP contribution is -2.17. The molecule has 0 spiro atoms. The minimum atomic E-state index is -2.83. The van der Waals surface area contributed by atoms with Gasteiger partial charge in [-0.1, -0.05) is 25.4 Å². The number of nitrogens with one attached hydrogen (secondary N) is 1. The fraction of sp³-hybridized carbons (Fsp3) is 0.667. The van der Waals surface area contributed by atoms with Gasteiger partial charge in [-0.25, -0.2) is 18.4 Å². The number of nitrogens with zero attached hydrogens (tertiary/aromatic N) is 2. The first kappa shape index (κ1) is 14.5. The third kappa shape index (κ3) is 3.57. The summed E-state index contributed by atoms with van der Waals surface area (Å²) in [6, 6.07) is 0. The van der Waals surface area contributed by atoms with Crippen LogP contribution in [0.2, 0.25) is 5.15 Å². The van der Waals surface area contributed by atoms with Crippen LogP contribution >= 0.6 is 11.6 Å². The summed E-state index contributed by atoms with van der Waals surface area (Å²) in [5, 5.41) is 3.67. The number of halogens is 1. The summed E-state index contributed by atoms with van der Waals surface area (Å²) in [6.45, 7) is 4.65. The summed E-state index contributed by atoms with van der Waals surface area (Å²) in [5.74, 6) is 1.62. The third-order valence-corrected chi connectivity index (χ3v) is 5.44. The zero-order valence-corrected chi connectivity index (χ0v) is 12.6. The van der Waals surface area contributed by atoms with Crippen LogP contribution in [0.4, 0.5) is 5.82 Å². The molecule has 1 unspecified atom stereocenters. The lowest BCUT2D eigenvalue weighted by molar-refractivity contribution is 0.595. The van der Waals surface area contributed by atoms with Crippen molar-refractivity contribution in [2.24, 2.45) is 5.92 Å². The Bertz CT molecular complexity index is 560. The van der Waals surface area contributed by atoms with E-state index in [1.165, 1.54) is 6.33 Å². The van der Waals surface area contributed by atoms with E-state index in [2.05, 4.69) is 15.3 Å². The van der Waals surface area contributed by atoms with E-state index in [1.807, 2.05) is 13.8 Å². The molecule has 2 heterocycles. The summed E-state index contributed by atoms with van der Waals surface area (Å²) >= 11 is 6.08. The number of aromatic nitrogens is 2. The Kier molecular flexibility index (Phi) is 4.30. The molecule has 1 saturated heterocycles. The smallest absolute Gasteiger partial charge is 0.150 e. The van der Waals surface area contributed by atoms with Crippen LogP contribution in [0, 0.1) is 5.92 Å². The minimum Gasteiger partial charge on any atom is -0.369 e. The van der Waals surface area contributed by atoms with Gasteiger partial charge in [0, 0.05) is 12.1 Å².